The largest absolute Gasteiger partial charge is 0.440 e. The summed E-state index contributed by atoms with van der Waals surface area (Å²) in [5.74, 6) is -0.865. The molecular formula is C17H13FN6O2. The summed E-state index contributed by atoms with van der Waals surface area (Å²) in [6.45, 7) is 1.07. The van der Waals surface area contributed by atoms with E-state index < -0.39 is 12.4 Å². The van der Waals surface area contributed by atoms with Gasteiger partial charge in [0.1, 0.15) is 23.3 Å². The van der Waals surface area contributed by atoms with Gasteiger partial charge in [-0.3, -0.25) is 10.8 Å². The van der Waals surface area contributed by atoms with Crippen LogP contribution >= 0.6 is 0 Å². The van der Waals surface area contributed by atoms with Crippen LogP contribution in [0.4, 0.5) is 4.39 Å². The van der Waals surface area contributed by atoms with Crippen LogP contribution in [0.1, 0.15) is 28.5 Å². The maximum atomic E-state index is 14.7. The van der Waals surface area contributed by atoms with Gasteiger partial charge < -0.3 is 15.3 Å². The molecule has 2 aromatic rings. The van der Waals surface area contributed by atoms with Gasteiger partial charge >= 0.3 is 0 Å². The van der Waals surface area contributed by atoms with Crippen LogP contribution < -0.4 is 5.73 Å². The maximum Gasteiger partial charge on any atom is 0.192 e. The summed E-state index contributed by atoms with van der Waals surface area (Å²) in [7, 11) is 0. The molecule has 0 saturated carbocycles. The molecule has 0 atom stereocenters. The number of aryl methyl sites for hydroxylation is 1. The van der Waals surface area contributed by atoms with Gasteiger partial charge in [-0.2, -0.15) is 5.26 Å². The minimum absolute atomic E-state index is 0.00719. The number of nitrogens with two attached hydrogens (primary N) is 1. The Bertz CT molecular complexity index is 1060. The van der Waals surface area contributed by atoms with Crippen LogP contribution in [-0.4, -0.2) is 27.3 Å². The van der Waals surface area contributed by atoms with Gasteiger partial charge in [0.2, 0.25) is 0 Å². The van der Waals surface area contributed by atoms with E-state index in [9.17, 15) is 9.50 Å². The van der Waals surface area contributed by atoms with E-state index in [4.69, 9.17) is 26.2 Å². The van der Waals surface area contributed by atoms with E-state index in [-0.39, 0.29) is 57.0 Å². The first-order chi connectivity index (χ1) is 12.4. The number of allylic oxidation sites excluding steroid dienone is 1. The van der Waals surface area contributed by atoms with Gasteiger partial charge in [0.05, 0.1) is 29.2 Å². The zero-order chi connectivity index (χ0) is 19.0. The Morgan fingerprint density at radius 2 is 2.08 bits per heavy atom. The molecule has 0 spiro atoms. The van der Waals surface area contributed by atoms with Crippen molar-refractivity contribution in [1.29, 1.82) is 16.1 Å². The number of hydrogen-bond donors (Lipinski definition) is 4. The second-order valence-electron chi connectivity index (χ2n) is 5.42. The van der Waals surface area contributed by atoms with Gasteiger partial charge in [0.25, 0.3) is 0 Å². The van der Waals surface area contributed by atoms with Crippen LogP contribution in [0.15, 0.2) is 27.6 Å². The van der Waals surface area contributed by atoms with Gasteiger partial charge in [-0.1, -0.05) is 6.07 Å². The molecule has 0 radical (unpaired) electrons. The van der Waals surface area contributed by atoms with Gasteiger partial charge in [-0.25, -0.2) is 14.4 Å². The molecule has 26 heavy (non-hydrogen) atoms. The number of nitrogens with one attached hydrogen (secondary N) is 2. The first-order valence-corrected chi connectivity index (χ1v) is 7.42. The summed E-state index contributed by atoms with van der Waals surface area (Å²) >= 11 is 0. The van der Waals surface area contributed by atoms with Crippen molar-refractivity contribution < 1.29 is 13.9 Å². The van der Waals surface area contributed by atoms with Gasteiger partial charge in [0, 0.05) is 12.5 Å². The molecule has 2 heterocycles. The second kappa shape index (κ2) is 6.34. The molecule has 130 valence electrons. The number of hydrogen-bond acceptors (Lipinski definition) is 8. The smallest absolute Gasteiger partial charge is 0.192 e. The lowest BCUT2D eigenvalue weighted by Gasteiger charge is -2.19. The van der Waals surface area contributed by atoms with E-state index >= 15 is 0 Å². The number of benzene rings is 1. The van der Waals surface area contributed by atoms with Crippen LogP contribution in [0.3, 0.4) is 0 Å². The van der Waals surface area contributed by atoms with E-state index in [0.29, 0.717) is 0 Å². The molecule has 8 nitrogen and oxygen atoms in total. The van der Waals surface area contributed by atoms with Crippen molar-refractivity contribution in [3.8, 4) is 6.07 Å². The number of aliphatic imine (C=N–C) groups is 1. The second-order valence-corrected chi connectivity index (χ2v) is 5.42. The SMILES string of the molecule is Cc1nc(CO)c(C2=C(c3cccc(C#N)c3F)N=C(N)C(=N)C2=N)o1. The number of oxazole rings is 1. The summed E-state index contributed by atoms with van der Waals surface area (Å²) in [6, 6.07) is 5.89. The van der Waals surface area contributed by atoms with E-state index in [1.807, 2.05) is 0 Å². The Labute approximate surface area is 147 Å². The number of aromatic nitrogens is 1. The molecular weight excluding hydrogens is 339 g/mol. The van der Waals surface area contributed by atoms with Crippen LogP contribution in [0.25, 0.3) is 11.3 Å². The Hall–Kier alpha value is -3.64. The monoisotopic (exact) mass is 352 g/mol. The van der Waals surface area contributed by atoms with Crippen LogP contribution in [0, 0.1) is 34.9 Å². The fraction of sp³-hybridized carbons (Fsp3) is 0.118. The van der Waals surface area contributed by atoms with Gasteiger partial charge in [-0.05, 0) is 12.1 Å². The van der Waals surface area contributed by atoms with Gasteiger partial charge in [-0.15, -0.1) is 0 Å². The normalized spacial score (nSPS) is 14.5. The van der Waals surface area contributed by atoms with E-state index in [0.717, 1.165) is 0 Å². The standard InChI is InChI=1S/C17H13FN6O2/c1-7-23-10(6-25)16(26-7)11-13(20)14(21)17(22)24-15(11)9-4-2-3-8(5-19)12(9)18/h2-4,20-21,25H,6H2,1H3,(H2,22,24). The van der Waals surface area contributed by atoms with Crippen molar-refractivity contribution in [2.75, 3.05) is 0 Å². The first-order valence-electron chi connectivity index (χ1n) is 7.42. The summed E-state index contributed by atoms with van der Waals surface area (Å²) < 4.78 is 20.2. The van der Waals surface area contributed by atoms with Crippen molar-refractivity contribution in [2.45, 2.75) is 13.5 Å². The molecule has 1 aromatic carbocycles. The average Bonchev–Trinajstić information content (AvgIpc) is 3.00. The number of aliphatic hydroxyl groups is 1. The third-order valence-corrected chi connectivity index (χ3v) is 3.78. The average molecular weight is 352 g/mol. The van der Waals surface area contributed by atoms with E-state index in [2.05, 4.69) is 9.98 Å². The highest BCUT2D eigenvalue weighted by molar-refractivity contribution is 6.77. The number of aliphatic hydroxyl groups excluding tert-OH is 1. The number of halogens is 1. The molecule has 1 aliphatic heterocycles. The van der Waals surface area contributed by atoms with E-state index in [1.54, 1.807) is 13.0 Å². The minimum atomic E-state index is -0.831. The van der Waals surface area contributed by atoms with Crippen molar-refractivity contribution in [2.24, 2.45) is 10.7 Å². The van der Waals surface area contributed by atoms with Crippen molar-refractivity contribution in [3.05, 3.63) is 52.5 Å². The highest BCUT2D eigenvalue weighted by Gasteiger charge is 2.32. The Morgan fingerprint density at radius 3 is 2.73 bits per heavy atom. The summed E-state index contributed by atoms with van der Waals surface area (Å²) in [4.78, 5) is 8.08. The Kier molecular flexibility index (Phi) is 4.19. The molecule has 0 unspecified atom stereocenters. The number of nitriles is 1. The Morgan fingerprint density at radius 1 is 1.35 bits per heavy atom. The quantitative estimate of drug-likeness (QED) is 0.662. The number of rotatable bonds is 3. The zero-order valence-corrected chi connectivity index (χ0v) is 13.6. The molecule has 1 aromatic heterocycles. The topological polar surface area (TPSA) is 156 Å². The molecule has 3 rings (SSSR count). The first kappa shape index (κ1) is 17.2. The molecule has 5 N–H and O–H groups in total. The molecule has 1 aliphatic rings. The van der Waals surface area contributed by atoms with Crippen molar-refractivity contribution >= 4 is 28.5 Å². The van der Waals surface area contributed by atoms with Crippen molar-refractivity contribution in [1.82, 2.24) is 4.98 Å². The minimum Gasteiger partial charge on any atom is -0.440 e. The fourth-order valence-corrected chi connectivity index (χ4v) is 2.59. The molecule has 0 saturated heterocycles. The lowest BCUT2D eigenvalue weighted by Crippen LogP contribution is -2.34. The molecule has 0 amide bonds. The molecule has 9 heteroatoms. The summed E-state index contributed by atoms with van der Waals surface area (Å²) in [5.41, 5.74) is 4.75. The lowest BCUT2D eigenvalue weighted by atomic mass is 9.93. The third kappa shape index (κ3) is 2.58. The summed E-state index contributed by atoms with van der Waals surface area (Å²) in [5, 5.41) is 34.7. The van der Waals surface area contributed by atoms with Gasteiger partial charge in [0.15, 0.2) is 17.5 Å². The predicted octanol–water partition coefficient (Wildman–Crippen LogP) is 1.76. The van der Waals surface area contributed by atoms with Crippen LogP contribution in [0.5, 0.6) is 0 Å². The third-order valence-electron chi connectivity index (χ3n) is 3.78. The zero-order valence-electron chi connectivity index (χ0n) is 13.6. The molecule has 0 bridgehead atoms. The summed E-state index contributed by atoms with van der Waals surface area (Å²) in [6.07, 6.45) is 0. The van der Waals surface area contributed by atoms with Crippen LogP contribution in [-0.2, 0) is 6.61 Å². The number of nitrogens with zero attached hydrogens (tertiary/aromatic N) is 3. The maximum absolute atomic E-state index is 14.7. The highest BCUT2D eigenvalue weighted by atomic mass is 19.1. The highest BCUT2D eigenvalue weighted by Crippen LogP contribution is 2.35. The van der Waals surface area contributed by atoms with E-state index in [1.165, 1.54) is 18.2 Å². The number of amidine groups is 1. The molecule has 0 fully saturated rings. The van der Waals surface area contributed by atoms with Crippen molar-refractivity contribution in [3.63, 3.8) is 0 Å². The van der Waals surface area contributed by atoms with Crippen LogP contribution in [0.2, 0.25) is 0 Å². The fourth-order valence-electron chi connectivity index (χ4n) is 2.59. The Balaban J connectivity index is 2.40. The predicted molar refractivity (Wildman–Crippen MR) is 92.2 cm³/mol. The molecule has 0 aliphatic carbocycles. The lowest BCUT2D eigenvalue weighted by molar-refractivity contribution is 0.276.